The number of methoxy groups -OCH3 is 2. The van der Waals surface area contributed by atoms with Gasteiger partial charge in [0.25, 0.3) is 0 Å². The van der Waals surface area contributed by atoms with E-state index in [4.69, 9.17) is 24.4 Å². The normalized spacial score (nSPS) is 17.7. The van der Waals surface area contributed by atoms with E-state index in [0.717, 1.165) is 64.6 Å². The number of benzene rings is 2. The number of hydrogen-bond acceptors (Lipinski definition) is 9. The molecule has 0 spiro atoms. The fraction of sp³-hybridized carbons (Fsp3) is 0.419. The summed E-state index contributed by atoms with van der Waals surface area (Å²) in [6.07, 6.45) is 1.91. The van der Waals surface area contributed by atoms with Crippen molar-refractivity contribution >= 4 is 46.2 Å². The van der Waals surface area contributed by atoms with Crippen molar-refractivity contribution in [3.05, 3.63) is 77.4 Å². The van der Waals surface area contributed by atoms with Crippen LogP contribution in [-0.2, 0) is 19.1 Å². The van der Waals surface area contributed by atoms with Crippen molar-refractivity contribution in [2.45, 2.75) is 77.5 Å². The quantitative estimate of drug-likeness (QED) is 0.130. The molecule has 15 nitrogen and oxygen atoms in total. The van der Waals surface area contributed by atoms with Crippen LogP contribution in [0.2, 0.25) is 0 Å². The van der Waals surface area contributed by atoms with E-state index in [-0.39, 0.29) is 35.7 Å². The second-order valence-corrected chi connectivity index (χ2v) is 15.5. The van der Waals surface area contributed by atoms with E-state index in [1.54, 1.807) is 9.80 Å². The highest BCUT2D eigenvalue weighted by atomic mass is 16.5. The second-order valence-electron chi connectivity index (χ2n) is 15.5. The molecule has 4 N–H and O–H groups in total. The van der Waals surface area contributed by atoms with Crippen LogP contribution in [0.3, 0.4) is 0 Å². The van der Waals surface area contributed by atoms with Crippen molar-refractivity contribution in [3.63, 3.8) is 0 Å². The Kier molecular flexibility index (Phi) is 11.6. The summed E-state index contributed by atoms with van der Waals surface area (Å²) in [7, 11) is 2.57. The molecule has 4 atom stereocenters. The predicted octanol–water partition coefficient (Wildman–Crippen LogP) is 5.99. The van der Waals surface area contributed by atoms with Crippen molar-refractivity contribution < 1.29 is 28.7 Å². The van der Waals surface area contributed by atoms with E-state index < -0.39 is 24.3 Å². The fourth-order valence-electron chi connectivity index (χ4n) is 7.75. The summed E-state index contributed by atoms with van der Waals surface area (Å²) in [6.45, 7) is 8.72. The number of rotatable bonds is 9. The third-order valence-corrected chi connectivity index (χ3v) is 10.9. The lowest BCUT2D eigenvalue weighted by Gasteiger charge is -2.29. The van der Waals surface area contributed by atoms with Crippen LogP contribution in [-0.4, -0.2) is 98.1 Å². The largest absolute Gasteiger partial charge is 0.453 e. The molecule has 0 radical (unpaired) electrons. The third kappa shape index (κ3) is 8.32. The molecule has 302 valence electrons. The first kappa shape index (κ1) is 39.8. The van der Waals surface area contributed by atoms with Crippen LogP contribution >= 0.6 is 0 Å². The number of nitrogens with zero attached hydrogens (tertiary/aromatic N) is 5. The minimum absolute atomic E-state index is 0.115. The lowest BCUT2D eigenvalue weighted by atomic mass is 10.0. The average Bonchev–Trinajstić information content (AvgIpc) is 4.05. The van der Waals surface area contributed by atoms with Gasteiger partial charge in [-0.2, -0.15) is 0 Å². The summed E-state index contributed by atoms with van der Waals surface area (Å²) >= 11 is 0. The maximum atomic E-state index is 13.6. The van der Waals surface area contributed by atoms with Gasteiger partial charge in [0.05, 0.1) is 48.5 Å². The van der Waals surface area contributed by atoms with Gasteiger partial charge < -0.3 is 39.9 Å². The zero-order valence-corrected chi connectivity index (χ0v) is 33.6. The van der Waals surface area contributed by atoms with Gasteiger partial charge in [-0.05, 0) is 80.0 Å². The van der Waals surface area contributed by atoms with E-state index in [0.29, 0.717) is 30.4 Å². The van der Waals surface area contributed by atoms with Gasteiger partial charge in [0.1, 0.15) is 23.7 Å². The highest BCUT2D eigenvalue weighted by Crippen LogP contribution is 2.34. The number of carbonyl (C=O) groups is 4. The maximum Gasteiger partial charge on any atom is 0.407 e. The summed E-state index contributed by atoms with van der Waals surface area (Å²) in [6, 6.07) is 15.7. The molecule has 2 aliphatic rings. The van der Waals surface area contributed by atoms with Crippen LogP contribution < -0.4 is 10.6 Å². The third-order valence-electron chi connectivity index (χ3n) is 10.9. The number of pyridine rings is 1. The van der Waals surface area contributed by atoms with E-state index in [2.05, 4.69) is 32.4 Å². The van der Waals surface area contributed by atoms with Gasteiger partial charge in [-0.1, -0.05) is 51.7 Å². The zero-order chi connectivity index (χ0) is 41.1. The molecule has 2 saturated heterocycles. The van der Waals surface area contributed by atoms with E-state index in [1.165, 1.54) is 14.2 Å². The molecule has 7 rings (SSSR count). The molecule has 2 aliphatic heterocycles. The number of aromatic nitrogens is 5. The molecule has 4 amide bonds. The van der Waals surface area contributed by atoms with Gasteiger partial charge in [-0.15, -0.1) is 0 Å². The first-order valence-corrected chi connectivity index (χ1v) is 19.7. The molecular formula is C43H49N9O6. The molecule has 0 saturated carbocycles. The second kappa shape index (κ2) is 17.0. The number of likely N-dealkylation sites (tertiary alicyclic amines) is 2. The van der Waals surface area contributed by atoms with Crippen molar-refractivity contribution in [1.29, 1.82) is 0 Å². The van der Waals surface area contributed by atoms with Crippen molar-refractivity contribution in [1.82, 2.24) is 45.4 Å². The van der Waals surface area contributed by atoms with Crippen LogP contribution in [0.5, 0.6) is 0 Å². The minimum Gasteiger partial charge on any atom is -0.453 e. The molecule has 0 bridgehead atoms. The number of amides is 4. The monoisotopic (exact) mass is 787 g/mol. The fourth-order valence-corrected chi connectivity index (χ4v) is 7.75. The summed E-state index contributed by atoms with van der Waals surface area (Å²) in [5.74, 6) is 7.34. The molecule has 2 aromatic carbocycles. The molecule has 3 aromatic heterocycles. The molecule has 15 heteroatoms. The van der Waals surface area contributed by atoms with E-state index in [1.807, 2.05) is 82.3 Å². The Morgan fingerprint density at radius 2 is 1.22 bits per heavy atom. The van der Waals surface area contributed by atoms with Crippen molar-refractivity contribution in [3.8, 4) is 23.1 Å². The summed E-state index contributed by atoms with van der Waals surface area (Å²) in [4.78, 5) is 75.9. The average molecular weight is 788 g/mol. The first-order valence-electron chi connectivity index (χ1n) is 19.7. The number of ether oxygens (including phenoxy) is 2. The molecule has 2 fully saturated rings. The number of alkyl carbamates (subject to hydrolysis) is 2. The zero-order valence-electron chi connectivity index (χ0n) is 33.6. The number of fused-ring (bicyclic) bond motifs is 2. The van der Waals surface area contributed by atoms with E-state index >= 15 is 0 Å². The standard InChI is InChI=1S/C43H49N9O6/c1-24(2)35(48-42(55)57-5)40(53)51-21-7-9-33(51)38-45-30-18-15-27(23-32(30)47-38)12-11-26-13-16-28(17-14-26)29-19-20-31-37(44-29)50-39(46-31)34-10-8-22-52(34)41(54)36(25(3)4)49-43(56)58-6/h13-20,23-25,33-36H,7-10,21-22H2,1-6H3,(H,45,47)(H,48,55)(H,49,56)(H,44,46,50)/t33-,34-,35-,36-/m0/s1. The van der Waals surface area contributed by atoms with Crippen LogP contribution in [0.25, 0.3) is 33.5 Å². The smallest absolute Gasteiger partial charge is 0.407 e. The predicted molar refractivity (Wildman–Crippen MR) is 217 cm³/mol. The number of H-pyrrole nitrogens is 2. The topological polar surface area (TPSA) is 188 Å². The lowest BCUT2D eigenvalue weighted by molar-refractivity contribution is -0.136. The molecule has 5 heterocycles. The Balaban J connectivity index is 1.03. The Labute approximate surface area is 336 Å². The minimum atomic E-state index is -0.709. The summed E-state index contributed by atoms with van der Waals surface area (Å²) < 4.78 is 9.51. The SMILES string of the molecule is COC(=O)N[C@H](C(=O)N1CCC[C@H]1c1nc2ccc(C#Cc3ccc(-c4ccc5[nH]c([C@@H]6CCCN6C(=O)[C@@H](NC(=O)OC)C(C)C)nc5n4)cc3)cc2[nH]1)C(C)C. The van der Waals surface area contributed by atoms with Crippen molar-refractivity contribution in [2.24, 2.45) is 11.8 Å². The number of imidazole rings is 2. The lowest BCUT2D eigenvalue weighted by Crippen LogP contribution is -2.51. The first-order chi connectivity index (χ1) is 27.9. The van der Waals surface area contributed by atoms with Crippen LogP contribution in [0.4, 0.5) is 9.59 Å². The van der Waals surface area contributed by atoms with Gasteiger partial charge in [0, 0.05) is 29.8 Å². The van der Waals surface area contributed by atoms with Gasteiger partial charge in [-0.3, -0.25) is 9.59 Å². The van der Waals surface area contributed by atoms with Gasteiger partial charge in [0.2, 0.25) is 11.8 Å². The Morgan fingerprint density at radius 1 is 0.690 bits per heavy atom. The van der Waals surface area contributed by atoms with Gasteiger partial charge in [0.15, 0.2) is 5.65 Å². The number of hydrogen-bond donors (Lipinski definition) is 4. The molecule has 58 heavy (non-hydrogen) atoms. The molecule has 0 unspecified atom stereocenters. The molecular weight excluding hydrogens is 739 g/mol. The summed E-state index contributed by atoms with van der Waals surface area (Å²) in [5.41, 5.74) is 6.27. The van der Waals surface area contributed by atoms with Crippen LogP contribution in [0, 0.1) is 23.7 Å². The number of nitrogens with one attached hydrogen (secondary N) is 4. The maximum absolute atomic E-state index is 13.6. The highest BCUT2D eigenvalue weighted by Gasteiger charge is 2.39. The Bertz CT molecular complexity index is 2390. The Morgan fingerprint density at radius 3 is 1.79 bits per heavy atom. The number of aromatic amines is 2. The molecule has 5 aromatic rings. The highest BCUT2D eigenvalue weighted by molar-refractivity contribution is 5.87. The Hall–Kier alpha value is -6.43. The summed E-state index contributed by atoms with van der Waals surface area (Å²) in [5, 5.41) is 5.38. The van der Waals surface area contributed by atoms with Gasteiger partial charge >= 0.3 is 12.2 Å². The number of carbonyl (C=O) groups excluding carboxylic acids is 4. The molecule has 0 aliphatic carbocycles. The van der Waals surface area contributed by atoms with Crippen LogP contribution in [0.15, 0.2) is 54.6 Å². The van der Waals surface area contributed by atoms with Gasteiger partial charge in [-0.25, -0.2) is 24.5 Å². The van der Waals surface area contributed by atoms with Crippen molar-refractivity contribution in [2.75, 3.05) is 27.3 Å². The van der Waals surface area contributed by atoms with E-state index in [9.17, 15) is 19.2 Å². The van der Waals surface area contributed by atoms with Crippen LogP contribution in [0.1, 0.15) is 88.2 Å².